The molecule has 1 saturated heterocycles. The lowest BCUT2D eigenvalue weighted by molar-refractivity contribution is -0.137. The summed E-state index contributed by atoms with van der Waals surface area (Å²) in [5.74, 6) is -0.234. The molecule has 3 aromatic rings. The molecule has 5 nitrogen and oxygen atoms in total. The molecule has 1 fully saturated rings. The molecule has 0 spiro atoms. The molecule has 7 heteroatoms. The molecule has 146 valence electrons. The molecular weight excluding hydrogens is 392 g/mol. The number of carbonyl (C=O) groups excluding carboxylic acids is 1. The summed E-state index contributed by atoms with van der Waals surface area (Å²) in [4.78, 5) is 32.3. The summed E-state index contributed by atoms with van der Waals surface area (Å²) >= 11 is 2.87. The number of hydrogen-bond donors (Lipinski definition) is 0. The van der Waals surface area contributed by atoms with Crippen molar-refractivity contribution in [1.82, 2.24) is 9.55 Å². The first-order valence-corrected chi connectivity index (χ1v) is 11.1. The minimum absolute atomic E-state index is 0.0664. The fraction of sp³-hybridized carbons (Fsp3) is 0.381. The third-order valence-corrected chi connectivity index (χ3v) is 7.47. The quantitative estimate of drug-likeness (QED) is 0.469. The zero-order chi connectivity index (χ0) is 20.0. The number of aryl methyl sites for hydroxylation is 4. The molecule has 0 bridgehead atoms. The molecule has 0 radical (unpaired) electrons. The van der Waals surface area contributed by atoms with Crippen molar-refractivity contribution in [3.8, 4) is 5.69 Å². The van der Waals surface area contributed by atoms with Gasteiger partial charge in [-0.2, -0.15) is 0 Å². The average molecular weight is 415 g/mol. The maximum atomic E-state index is 13.6. The fourth-order valence-corrected chi connectivity index (χ4v) is 5.74. The van der Waals surface area contributed by atoms with Crippen LogP contribution >= 0.6 is 23.1 Å². The number of rotatable bonds is 4. The third-order valence-electron chi connectivity index (χ3n) is 5.23. The Kier molecular flexibility index (Phi) is 5.05. The molecule has 4 rings (SSSR count). The van der Waals surface area contributed by atoms with E-state index in [0.29, 0.717) is 23.6 Å². The summed E-state index contributed by atoms with van der Waals surface area (Å²) in [5.41, 5.74) is 4.05. The van der Waals surface area contributed by atoms with Crippen molar-refractivity contribution in [2.75, 3.05) is 6.61 Å². The van der Waals surface area contributed by atoms with Crippen LogP contribution in [0.1, 0.15) is 34.9 Å². The van der Waals surface area contributed by atoms with Crippen LogP contribution in [0.3, 0.4) is 0 Å². The van der Waals surface area contributed by atoms with Crippen LogP contribution in [0.15, 0.2) is 28.2 Å². The van der Waals surface area contributed by atoms with E-state index in [-0.39, 0.29) is 16.8 Å². The standard InChI is InChI=1S/C21H22N2O3S2/c1-5-15-13(4)27-18-17(15)19(24)23(14-7-6-11(2)12(3)10-14)21(22-18)28-16-8-9-26-20(16)25/h6-7,10,16H,5,8-9H2,1-4H3/t16-/m0/s1. The van der Waals surface area contributed by atoms with Gasteiger partial charge in [-0.1, -0.05) is 24.8 Å². The minimum Gasteiger partial charge on any atom is -0.465 e. The lowest BCUT2D eigenvalue weighted by Crippen LogP contribution is -2.23. The van der Waals surface area contributed by atoms with Gasteiger partial charge in [0.25, 0.3) is 5.56 Å². The molecule has 28 heavy (non-hydrogen) atoms. The number of ether oxygens (including phenoxy) is 1. The number of benzene rings is 1. The van der Waals surface area contributed by atoms with Crippen molar-refractivity contribution in [1.29, 1.82) is 0 Å². The molecule has 1 aromatic carbocycles. The van der Waals surface area contributed by atoms with E-state index in [0.717, 1.165) is 32.9 Å². The van der Waals surface area contributed by atoms with Crippen molar-refractivity contribution < 1.29 is 9.53 Å². The molecular formula is C21H22N2O3S2. The van der Waals surface area contributed by atoms with Gasteiger partial charge in [0.1, 0.15) is 10.1 Å². The Morgan fingerprint density at radius 2 is 2.04 bits per heavy atom. The van der Waals surface area contributed by atoms with E-state index < -0.39 is 0 Å². The molecule has 1 atom stereocenters. The molecule has 1 aliphatic heterocycles. The van der Waals surface area contributed by atoms with E-state index in [1.165, 1.54) is 17.3 Å². The van der Waals surface area contributed by atoms with Crippen LogP contribution in [-0.2, 0) is 16.0 Å². The maximum Gasteiger partial charge on any atom is 0.319 e. The van der Waals surface area contributed by atoms with Crippen LogP contribution in [0.5, 0.6) is 0 Å². The van der Waals surface area contributed by atoms with Crippen molar-refractivity contribution in [3.05, 3.63) is 50.1 Å². The van der Waals surface area contributed by atoms with Gasteiger partial charge in [-0.05, 0) is 56.0 Å². The van der Waals surface area contributed by atoms with E-state index in [2.05, 4.69) is 6.92 Å². The van der Waals surface area contributed by atoms with Gasteiger partial charge in [-0.25, -0.2) is 4.98 Å². The first-order valence-electron chi connectivity index (χ1n) is 9.36. The van der Waals surface area contributed by atoms with Gasteiger partial charge < -0.3 is 4.74 Å². The number of fused-ring (bicyclic) bond motifs is 1. The average Bonchev–Trinajstić information content (AvgIpc) is 3.20. The predicted octanol–water partition coefficient (Wildman–Crippen LogP) is 4.34. The van der Waals surface area contributed by atoms with Crippen LogP contribution in [-0.4, -0.2) is 27.4 Å². The van der Waals surface area contributed by atoms with E-state index in [1.807, 2.05) is 39.0 Å². The van der Waals surface area contributed by atoms with Crippen LogP contribution in [0, 0.1) is 20.8 Å². The Morgan fingerprint density at radius 3 is 2.68 bits per heavy atom. The molecule has 2 aromatic heterocycles. The normalized spacial score (nSPS) is 16.7. The highest BCUT2D eigenvalue weighted by atomic mass is 32.2. The Bertz CT molecular complexity index is 1150. The Morgan fingerprint density at radius 1 is 1.25 bits per heavy atom. The predicted molar refractivity (Wildman–Crippen MR) is 114 cm³/mol. The fourth-order valence-electron chi connectivity index (χ4n) is 3.51. The van der Waals surface area contributed by atoms with Gasteiger partial charge in [-0.3, -0.25) is 14.2 Å². The van der Waals surface area contributed by atoms with Crippen LogP contribution in [0.2, 0.25) is 0 Å². The number of hydrogen-bond acceptors (Lipinski definition) is 6. The van der Waals surface area contributed by atoms with E-state index in [9.17, 15) is 9.59 Å². The molecule has 0 amide bonds. The highest BCUT2D eigenvalue weighted by molar-refractivity contribution is 8.00. The van der Waals surface area contributed by atoms with Crippen molar-refractivity contribution in [2.24, 2.45) is 0 Å². The summed E-state index contributed by atoms with van der Waals surface area (Å²) < 4.78 is 6.77. The Labute approximate surface area is 171 Å². The smallest absolute Gasteiger partial charge is 0.319 e. The van der Waals surface area contributed by atoms with Crippen molar-refractivity contribution in [3.63, 3.8) is 0 Å². The maximum absolute atomic E-state index is 13.6. The lowest BCUT2D eigenvalue weighted by Gasteiger charge is -2.15. The Balaban J connectivity index is 1.98. The molecule has 3 heterocycles. The molecule has 0 unspecified atom stereocenters. The second-order valence-electron chi connectivity index (χ2n) is 7.04. The lowest BCUT2D eigenvalue weighted by atomic mass is 10.1. The summed E-state index contributed by atoms with van der Waals surface area (Å²) in [6, 6.07) is 5.96. The van der Waals surface area contributed by atoms with Crippen LogP contribution in [0.25, 0.3) is 15.9 Å². The highest BCUT2D eigenvalue weighted by Gasteiger charge is 2.30. The van der Waals surface area contributed by atoms with Crippen molar-refractivity contribution in [2.45, 2.75) is 50.9 Å². The largest absolute Gasteiger partial charge is 0.465 e. The molecule has 0 saturated carbocycles. The van der Waals surface area contributed by atoms with Gasteiger partial charge in [-0.15, -0.1) is 11.3 Å². The summed E-state index contributed by atoms with van der Waals surface area (Å²) in [5, 5.41) is 0.920. The van der Waals surface area contributed by atoms with E-state index in [4.69, 9.17) is 9.72 Å². The van der Waals surface area contributed by atoms with Gasteiger partial charge >= 0.3 is 5.97 Å². The van der Waals surface area contributed by atoms with Gasteiger partial charge in [0.2, 0.25) is 0 Å². The van der Waals surface area contributed by atoms with Gasteiger partial charge in [0.05, 0.1) is 17.7 Å². The summed E-state index contributed by atoms with van der Waals surface area (Å²) in [6.45, 7) is 8.59. The van der Waals surface area contributed by atoms with E-state index >= 15 is 0 Å². The second kappa shape index (κ2) is 7.37. The first-order chi connectivity index (χ1) is 13.4. The number of aromatic nitrogens is 2. The first kappa shape index (κ1) is 19.2. The molecule has 1 aliphatic rings. The zero-order valence-corrected chi connectivity index (χ0v) is 18.0. The second-order valence-corrected chi connectivity index (χ2v) is 9.41. The number of cyclic esters (lactones) is 1. The van der Waals surface area contributed by atoms with Gasteiger partial charge in [0, 0.05) is 11.3 Å². The molecule has 0 N–H and O–H groups in total. The topological polar surface area (TPSA) is 61.2 Å². The highest BCUT2D eigenvalue weighted by Crippen LogP contribution is 2.34. The van der Waals surface area contributed by atoms with Gasteiger partial charge in [0.15, 0.2) is 5.16 Å². The number of thioether (sulfide) groups is 1. The summed E-state index contributed by atoms with van der Waals surface area (Å²) in [7, 11) is 0. The number of esters is 1. The third kappa shape index (κ3) is 3.16. The monoisotopic (exact) mass is 414 g/mol. The van der Waals surface area contributed by atoms with Crippen molar-refractivity contribution >= 4 is 39.3 Å². The van der Waals surface area contributed by atoms with E-state index in [1.54, 1.807) is 15.9 Å². The number of thiophene rings is 1. The number of nitrogens with zero attached hydrogens (tertiary/aromatic N) is 2. The molecule has 0 aliphatic carbocycles. The number of carbonyl (C=O) groups is 1. The van der Waals surface area contributed by atoms with Crippen LogP contribution < -0.4 is 5.56 Å². The Hall–Kier alpha value is -2.12. The SMILES string of the molecule is CCc1c(C)sc2nc(S[C@H]3CCOC3=O)n(-c3ccc(C)c(C)c3)c(=O)c12. The minimum atomic E-state index is -0.325. The van der Waals surface area contributed by atoms with Crippen LogP contribution in [0.4, 0.5) is 0 Å². The summed E-state index contributed by atoms with van der Waals surface area (Å²) in [6.07, 6.45) is 1.42. The zero-order valence-electron chi connectivity index (χ0n) is 16.4.